The highest BCUT2D eigenvalue weighted by atomic mass is 16.5. The third-order valence-corrected chi connectivity index (χ3v) is 4.58. The first-order valence-electron chi connectivity index (χ1n) is 8.90. The molecule has 2 aromatic carbocycles. The molecular formula is C22H23NO4. The average Bonchev–Trinajstić information content (AvgIpc) is 2.71. The monoisotopic (exact) mass is 365 g/mol. The van der Waals surface area contributed by atoms with Gasteiger partial charge in [0.1, 0.15) is 19.0 Å². The Labute approximate surface area is 159 Å². The SMILES string of the molecule is C#CCOc1ccc(C(C)CC(=O)N2CCOc3ccccc32)cc1OC. The van der Waals surface area contributed by atoms with Crippen LogP contribution >= 0.6 is 0 Å². The number of ether oxygens (including phenoxy) is 3. The Morgan fingerprint density at radius 1 is 1.30 bits per heavy atom. The lowest BCUT2D eigenvalue weighted by molar-refractivity contribution is -0.119. The first-order valence-corrected chi connectivity index (χ1v) is 8.90. The zero-order chi connectivity index (χ0) is 19.2. The number of anilines is 1. The molecule has 0 fully saturated rings. The van der Waals surface area contributed by atoms with Crippen LogP contribution in [0.3, 0.4) is 0 Å². The largest absolute Gasteiger partial charge is 0.493 e. The van der Waals surface area contributed by atoms with Gasteiger partial charge in [-0.3, -0.25) is 4.79 Å². The first kappa shape index (κ1) is 18.7. The maximum Gasteiger partial charge on any atom is 0.227 e. The van der Waals surface area contributed by atoms with E-state index in [2.05, 4.69) is 5.92 Å². The molecule has 3 rings (SSSR count). The van der Waals surface area contributed by atoms with Crippen LogP contribution in [0.4, 0.5) is 5.69 Å². The van der Waals surface area contributed by atoms with Crippen LogP contribution in [0.1, 0.15) is 24.8 Å². The van der Waals surface area contributed by atoms with Crippen molar-refractivity contribution in [2.75, 3.05) is 31.8 Å². The number of rotatable bonds is 6. The molecule has 0 radical (unpaired) electrons. The molecule has 140 valence electrons. The highest BCUT2D eigenvalue weighted by Crippen LogP contribution is 2.34. The van der Waals surface area contributed by atoms with E-state index >= 15 is 0 Å². The highest BCUT2D eigenvalue weighted by molar-refractivity contribution is 5.95. The Balaban J connectivity index is 1.73. The van der Waals surface area contributed by atoms with Crippen LogP contribution in [-0.4, -0.2) is 32.8 Å². The molecule has 0 aliphatic carbocycles. The van der Waals surface area contributed by atoms with E-state index in [0.29, 0.717) is 31.1 Å². The Morgan fingerprint density at radius 3 is 2.89 bits per heavy atom. The Kier molecular flexibility index (Phi) is 5.87. The van der Waals surface area contributed by atoms with E-state index in [1.54, 1.807) is 12.0 Å². The molecule has 1 heterocycles. The van der Waals surface area contributed by atoms with Crippen LogP contribution in [0, 0.1) is 12.3 Å². The third kappa shape index (κ3) is 4.17. The maximum absolute atomic E-state index is 12.9. The topological polar surface area (TPSA) is 48.0 Å². The normalized spacial score (nSPS) is 13.7. The van der Waals surface area contributed by atoms with Gasteiger partial charge in [0.2, 0.25) is 5.91 Å². The zero-order valence-corrected chi connectivity index (χ0v) is 15.6. The number of amides is 1. The average molecular weight is 365 g/mol. The molecule has 0 bridgehead atoms. The van der Waals surface area contributed by atoms with E-state index in [9.17, 15) is 4.79 Å². The number of para-hydroxylation sites is 2. The van der Waals surface area contributed by atoms with Gasteiger partial charge in [0.25, 0.3) is 0 Å². The van der Waals surface area contributed by atoms with Crippen molar-refractivity contribution < 1.29 is 19.0 Å². The fourth-order valence-electron chi connectivity index (χ4n) is 3.15. The van der Waals surface area contributed by atoms with Gasteiger partial charge in [0.15, 0.2) is 11.5 Å². The molecule has 0 spiro atoms. The minimum absolute atomic E-state index is 0.0306. The van der Waals surface area contributed by atoms with Crippen LogP contribution in [0.15, 0.2) is 42.5 Å². The standard InChI is InChI=1S/C22H23NO4/c1-4-12-26-20-10-9-17(15-21(20)25-3)16(2)14-22(24)23-11-13-27-19-8-6-5-7-18(19)23/h1,5-10,15-16H,11-14H2,2-3H3. The number of carbonyl (C=O) groups is 1. The first-order chi connectivity index (χ1) is 13.1. The van der Waals surface area contributed by atoms with E-state index in [1.165, 1.54) is 0 Å². The number of carbonyl (C=O) groups excluding carboxylic acids is 1. The van der Waals surface area contributed by atoms with Crippen LogP contribution in [0.2, 0.25) is 0 Å². The third-order valence-electron chi connectivity index (χ3n) is 4.58. The summed E-state index contributed by atoms with van der Waals surface area (Å²) < 4.78 is 16.5. The van der Waals surface area contributed by atoms with Gasteiger partial charge in [-0.05, 0) is 35.7 Å². The number of fused-ring (bicyclic) bond motifs is 1. The number of methoxy groups -OCH3 is 1. The molecule has 5 nitrogen and oxygen atoms in total. The summed E-state index contributed by atoms with van der Waals surface area (Å²) in [6.45, 7) is 3.28. The molecule has 0 saturated heterocycles. The van der Waals surface area contributed by atoms with E-state index < -0.39 is 0 Å². The molecule has 1 atom stereocenters. The lowest BCUT2D eigenvalue weighted by atomic mass is 9.96. The van der Waals surface area contributed by atoms with E-state index in [-0.39, 0.29) is 18.4 Å². The minimum Gasteiger partial charge on any atom is -0.493 e. The lowest BCUT2D eigenvalue weighted by Gasteiger charge is -2.30. The second-order valence-corrected chi connectivity index (χ2v) is 6.37. The molecule has 27 heavy (non-hydrogen) atoms. The molecule has 1 aliphatic rings. The second-order valence-electron chi connectivity index (χ2n) is 6.37. The van der Waals surface area contributed by atoms with Crippen LogP contribution in [0.5, 0.6) is 17.2 Å². The Hall–Kier alpha value is -3.13. The lowest BCUT2D eigenvalue weighted by Crippen LogP contribution is -2.38. The van der Waals surface area contributed by atoms with Gasteiger partial charge in [0, 0.05) is 6.42 Å². The van der Waals surface area contributed by atoms with Gasteiger partial charge in [-0.2, -0.15) is 0 Å². The molecule has 0 aromatic heterocycles. The molecule has 1 amide bonds. The molecule has 1 aliphatic heterocycles. The summed E-state index contributed by atoms with van der Waals surface area (Å²) >= 11 is 0. The van der Waals surface area contributed by atoms with Gasteiger partial charge in [-0.15, -0.1) is 6.42 Å². The Bertz CT molecular complexity index is 856. The van der Waals surface area contributed by atoms with E-state index in [4.69, 9.17) is 20.6 Å². The fourth-order valence-corrected chi connectivity index (χ4v) is 3.15. The summed E-state index contributed by atoms with van der Waals surface area (Å²) in [5, 5.41) is 0. The highest BCUT2D eigenvalue weighted by Gasteiger charge is 2.25. The van der Waals surface area contributed by atoms with E-state index in [1.807, 2.05) is 49.4 Å². The summed E-state index contributed by atoms with van der Waals surface area (Å²) in [7, 11) is 1.59. The van der Waals surface area contributed by atoms with Crippen molar-refractivity contribution in [1.82, 2.24) is 0 Å². The molecular weight excluding hydrogens is 342 g/mol. The summed E-state index contributed by atoms with van der Waals surface area (Å²) in [4.78, 5) is 14.7. The predicted molar refractivity (Wildman–Crippen MR) is 105 cm³/mol. The summed E-state index contributed by atoms with van der Waals surface area (Å²) in [6.07, 6.45) is 5.63. The molecule has 0 N–H and O–H groups in total. The van der Waals surface area contributed by atoms with Crippen LogP contribution in [0.25, 0.3) is 0 Å². The smallest absolute Gasteiger partial charge is 0.227 e. The number of benzene rings is 2. The molecule has 0 saturated carbocycles. The summed E-state index contributed by atoms with van der Waals surface area (Å²) in [5.74, 6) is 4.50. The number of hydrogen-bond donors (Lipinski definition) is 0. The fraction of sp³-hybridized carbons (Fsp3) is 0.318. The van der Waals surface area contributed by atoms with Crippen LogP contribution in [-0.2, 0) is 4.79 Å². The summed E-state index contributed by atoms with van der Waals surface area (Å²) in [6, 6.07) is 13.3. The second kappa shape index (κ2) is 8.50. The van der Waals surface area contributed by atoms with Crippen molar-refractivity contribution >= 4 is 11.6 Å². The van der Waals surface area contributed by atoms with Crippen molar-refractivity contribution in [3.05, 3.63) is 48.0 Å². The molecule has 1 unspecified atom stereocenters. The Morgan fingerprint density at radius 2 is 2.11 bits per heavy atom. The van der Waals surface area contributed by atoms with Crippen molar-refractivity contribution in [2.45, 2.75) is 19.3 Å². The van der Waals surface area contributed by atoms with Crippen molar-refractivity contribution in [2.24, 2.45) is 0 Å². The van der Waals surface area contributed by atoms with E-state index in [0.717, 1.165) is 17.0 Å². The quantitative estimate of drug-likeness (QED) is 0.734. The van der Waals surface area contributed by atoms with Crippen molar-refractivity contribution in [3.8, 4) is 29.6 Å². The number of terminal acetylenes is 1. The molecule has 5 heteroatoms. The van der Waals surface area contributed by atoms with Crippen molar-refractivity contribution in [3.63, 3.8) is 0 Å². The van der Waals surface area contributed by atoms with Gasteiger partial charge >= 0.3 is 0 Å². The molecule has 2 aromatic rings. The number of hydrogen-bond acceptors (Lipinski definition) is 4. The summed E-state index contributed by atoms with van der Waals surface area (Å²) in [5.41, 5.74) is 1.84. The van der Waals surface area contributed by atoms with Gasteiger partial charge < -0.3 is 19.1 Å². The zero-order valence-electron chi connectivity index (χ0n) is 15.6. The van der Waals surface area contributed by atoms with Gasteiger partial charge in [-0.25, -0.2) is 0 Å². The van der Waals surface area contributed by atoms with Gasteiger partial charge in [-0.1, -0.05) is 31.0 Å². The minimum atomic E-state index is 0.0306. The maximum atomic E-state index is 12.9. The van der Waals surface area contributed by atoms with Crippen molar-refractivity contribution in [1.29, 1.82) is 0 Å². The predicted octanol–water partition coefficient (Wildman–Crippen LogP) is 3.63. The van der Waals surface area contributed by atoms with Gasteiger partial charge in [0.05, 0.1) is 19.3 Å². The number of nitrogens with zero attached hydrogens (tertiary/aromatic N) is 1. The van der Waals surface area contributed by atoms with Crippen LogP contribution < -0.4 is 19.1 Å².